The van der Waals surface area contributed by atoms with E-state index in [1.54, 1.807) is 0 Å². The molecule has 0 spiro atoms. The van der Waals surface area contributed by atoms with Gasteiger partial charge in [-0.05, 0) is 45.2 Å². The molecule has 0 aromatic rings. The summed E-state index contributed by atoms with van der Waals surface area (Å²) in [5, 5.41) is 20.8. The van der Waals surface area contributed by atoms with Gasteiger partial charge in [0.25, 0.3) is 0 Å². The van der Waals surface area contributed by atoms with Crippen molar-refractivity contribution in [3.8, 4) is 0 Å². The fourth-order valence-corrected chi connectivity index (χ4v) is 2.27. The van der Waals surface area contributed by atoms with Gasteiger partial charge < -0.3 is 20.4 Å². The SMILES string of the molecule is CC(O)CCN1CCCC(CNCC(=O)O)C1. The number of hydrogen-bond acceptors (Lipinski definition) is 4. The maximum atomic E-state index is 10.4. The number of aliphatic carboxylic acids is 1. The predicted octanol–water partition coefficient (Wildman–Crippen LogP) is 0.144. The zero-order valence-electron chi connectivity index (χ0n) is 10.6. The van der Waals surface area contributed by atoms with Crippen LogP contribution in [0.2, 0.25) is 0 Å². The first-order chi connectivity index (χ1) is 8.08. The second kappa shape index (κ2) is 7.63. The molecule has 1 saturated heterocycles. The quantitative estimate of drug-likeness (QED) is 0.594. The standard InChI is InChI=1S/C12H24N2O3/c1-10(15)4-6-14-5-2-3-11(9-14)7-13-8-12(16)17/h10-11,13,15H,2-9H2,1H3,(H,16,17). The maximum absolute atomic E-state index is 10.4. The van der Waals surface area contributed by atoms with Crippen LogP contribution in [0.1, 0.15) is 26.2 Å². The number of nitrogens with one attached hydrogen (secondary N) is 1. The smallest absolute Gasteiger partial charge is 0.317 e. The van der Waals surface area contributed by atoms with Gasteiger partial charge in [-0.15, -0.1) is 0 Å². The fraction of sp³-hybridized carbons (Fsp3) is 0.917. The van der Waals surface area contributed by atoms with Crippen LogP contribution in [0.5, 0.6) is 0 Å². The molecule has 0 amide bonds. The zero-order chi connectivity index (χ0) is 12.7. The number of aliphatic hydroxyl groups excluding tert-OH is 1. The Balaban J connectivity index is 2.17. The van der Waals surface area contributed by atoms with Gasteiger partial charge in [-0.2, -0.15) is 0 Å². The van der Waals surface area contributed by atoms with Crippen molar-refractivity contribution in [2.45, 2.75) is 32.3 Å². The minimum absolute atomic E-state index is 0.0458. The Morgan fingerprint density at radius 3 is 3.00 bits per heavy atom. The van der Waals surface area contributed by atoms with E-state index in [9.17, 15) is 9.90 Å². The third-order valence-electron chi connectivity index (χ3n) is 3.18. The molecule has 0 aromatic carbocycles. The lowest BCUT2D eigenvalue weighted by Gasteiger charge is -2.33. The molecule has 1 aliphatic rings. The molecule has 0 bridgehead atoms. The topological polar surface area (TPSA) is 72.8 Å². The molecule has 0 radical (unpaired) electrons. The van der Waals surface area contributed by atoms with Gasteiger partial charge in [0.2, 0.25) is 0 Å². The lowest BCUT2D eigenvalue weighted by molar-refractivity contribution is -0.136. The molecular weight excluding hydrogens is 220 g/mol. The first kappa shape index (κ1) is 14.4. The third-order valence-corrected chi connectivity index (χ3v) is 3.18. The van der Waals surface area contributed by atoms with Crippen molar-refractivity contribution in [2.24, 2.45) is 5.92 Å². The summed E-state index contributed by atoms with van der Waals surface area (Å²) in [6, 6.07) is 0. The van der Waals surface area contributed by atoms with Crippen molar-refractivity contribution in [2.75, 3.05) is 32.7 Å². The van der Waals surface area contributed by atoms with Crippen LogP contribution in [-0.4, -0.2) is 59.9 Å². The molecule has 0 aliphatic carbocycles. The number of rotatable bonds is 7. The van der Waals surface area contributed by atoms with E-state index in [1.807, 2.05) is 6.92 Å². The number of aliphatic hydroxyl groups is 1. The number of piperidine rings is 1. The van der Waals surface area contributed by atoms with Crippen LogP contribution in [0.3, 0.4) is 0 Å². The summed E-state index contributed by atoms with van der Waals surface area (Å²) < 4.78 is 0. The van der Waals surface area contributed by atoms with Crippen molar-refractivity contribution in [3.63, 3.8) is 0 Å². The van der Waals surface area contributed by atoms with Gasteiger partial charge >= 0.3 is 5.97 Å². The van der Waals surface area contributed by atoms with E-state index in [0.29, 0.717) is 5.92 Å². The average molecular weight is 244 g/mol. The highest BCUT2D eigenvalue weighted by molar-refractivity contribution is 5.68. The lowest BCUT2D eigenvalue weighted by atomic mass is 9.97. The minimum atomic E-state index is -0.799. The van der Waals surface area contributed by atoms with Gasteiger partial charge in [-0.3, -0.25) is 4.79 Å². The van der Waals surface area contributed by atoms with E-state index in [1.165, 1.54) is 6.42 Å². The van der Waals surface area contributed by atoms with Crippen LogP contribution in [0, 0.1) is 5.92 Å². The first-order valence-electron chi connectivity index (χ1n) is 6.41. The largest absolute Gasteiger partial charge is 0.480 e. The van der Waals surface area contributed by atoms with Crippen LogP contribution in [0.15, 0.2) is 0 Å². The van der Waals surface area contributed by atoms with Crippen LogP contribution in [-0.2, 0) is 4.79 Å². The van der Waals surface area contributed by atoms with Crippen LogP contribution >= 0.6 is 0 Å². The van der Waals surface area contributed by atoms with Crippen molar-refractivity contribution < 1.29 is 15.0 Å². The van der Waals surface area contributed by atoms with Crippen molar-refractivity contribution in [1.29, 1.82) is 0 Å². The molecule has 100 valence electrons. The Labute approximate surface area is 103 Å². The van der Waals surface area contributed by atoms with E-state index in [2.05, 4.69) is 10.2 Å². The summed E-state index contributed by atoms with van der Waals surface area (Å²) in [4.78, 5) is 12.7. The van der Waals surface area contributed by atoms with Gasteiger partial charge in [-0.1, -0.05) is 0 Å². The Hall–Kier alpha value is -0.650. The molecule has 1 fully saturated rings. The molecule has 3 N–H and O–H groups in total. The minimum Gasteiger partial charge on any atom is -0.480 e. The molecule has 2 unspecified atom stereocenters. The Morgan fingerprint density at radius 2 is 2.35 bits per heavy atom. The zero-order valence-corrected chi connectivity index (χ0v) is 10.6. The number of carbonyl (C=O) groups is 1. The maximum Gasteiger partial charge on any atom is 0.317 e. The molecule has 0 saturated carbocycles. The molecule has 5 heteroatoms. The second-order valence-electron chi connectivity index (χ2n) is 4.97. The fourth-order valence-electron chi connectivity index (χ4n) is 2.27. The van der Waals surface area contributed by atoms with E-state index < -0.39 is 5.97 Å². The van der Waals surface area contributed by atoms with Crippen LogP contribution < -0.4 is 5.32 Å². The Kier molecular flexibility index (Phi) is 6.47. The van der Waals surface area contributed by atoms with Gasteiger partial charge in [0.05, 0.1) is 12.6 Å². The number of carboxylic acid groups (broad SMARTS) is 1. The second-order valence-corrected chi connectivity index (χ2v) is 4.97. The molecule has 1 aliphatic heterocycles. The summed E-state index contributed by atoms with van der Waals surface area (Å²) in [6.07, 6.45) is 2.91. The monoisotopic (exact) mass is 244 g/mol. The summed E-state index contributed by atoms with van der Waals surface area (Å²) in [6.45, 7) is 5.69. The van der Waals surface area contributed by atoms with Crippen LogP contribution in [0.25, 0.3) is 0 Å². The Bertz CT molecular complexity index is 234. The highest BCUT2D eigenvalue weighted by Crippen LogP contribution is 2.16. The molecular formula is C12H24N2O3. The number of hydrogen-bond donors (Lipinski definition) is 3. The van der Waals surface area contributed by atoms with Crippen molar-refractivity contribution in [3.05, 3.63) is 0 Å². The molecule has 5 nitrogen and oxygen atoms in total. The van der Waals surface area contributed by atoms with Crippen LogP contribution in [0.4, 0.5) is 0 Å². The predicted molar refractivity (Wildman–Crippen MR) is 66.0 cm³/mol. The lowest BCUT2D eigenvalue weighted by Crippen LogP contribution is -2.41. The van der Waals surface area contributed by atoms with E-state index >= 15 is 0 Å². The van der Waals surface area contributed by atoms with E-state index in [4.69, 9.17) is 5.11 Å². The highest BCUT2D eigenvalue weighted by Gasteiger charge is 2.19. The summed E-state index contributed by atoms with van der Waals surface area (Å²) in [5.74, 6) is -0.260. The first-order valence-corrected chi connectivity index (χ1v) is 6.41. The molecule has 0 aromatic heterocycles. The van der Waals surface area contributed by atoms with Crippen molar-refractivity contribution >= 4 is 5.97 Å². The van der Waals surface area contributed by atoms with Gasteiger partial charge in [0.15, 0.2) is 0 Å². The summed E-state index contributed by atoms with van der Waals surface area (Å²) in [5.41, 5.74) is 0. The highest BCUT2D eigenvalue weighted by atomic mass is 16.4. The average Bonchev–Trinajstić information content (AvgIpc) is 2.26. The summed E-state index contributed by atoms with van der Waals surface area (Å²) in [7, 11) is 0. The summed E-state index contributed by atoms with van der Waals surface area (Å²) >= 11 is 0. The van der Waals surface area contributed by atoms with E-state index in [0.717, 1.165) is 39.0 Å². The molecule has 2 atom stereocenters. The van der Waals surface area contributed by atoms with Gasteiger partial charge in [-0.25, -0.2) is 0 Å². The normalized spacial score (nSPS) is 23.5. The number of likely N-dealkylation sites (tertiary alicyclic amines) is 1. The van der Waals surface area contributed by atoms with Gasteiger partial charge in [0.1, 0.15) is 0 Å². The Morgan fingerprint density at radius 1 is 1.59 bits per heavy atom. The van der Waals surface area contributed by atoms with Crippen molar-refractivity contribution in [1.82, 2.24) is 10.2 Å². The van der Waals surface area contributed by atoms with Gasteiger partial charge in [0, 0.05) is 13.1 Å². The molecule has 1 rings (SSSR count). The number of nitrogens with zero attached hydrogens (tertiary/aromatic N) is 1. The molecule has 1 heterocycles. The molecule has 17 heavy (non-hydrogen) atoms. The van der Waals surface area contributed by atoms with E-state index in [-0.39, 0.29) is 12.6 Å². The number of carboxylic acids is 1. The third kappa shape index (κ3) is 6.61.